The molecular weight excluding hydrogens is 444 g/mol. The van der Waals surface area contributed by atoms with E-state index in [9.17, 15) is 19.5 Å². The van der Waals surface area contributed by atoms with Crippen molar-refractivity contribution >= 4 is 18.0 Å². The van der Waals surface area contributed by atoms with Gasteiger partial charge in [-0.1, -0.05) is 78.9 Å². The molecule has 1 atom stereocenters. The second kappa shape index (κ2) is 9.25. The van der Waals surface area contributed by atoms with Crippen molar-refractivity contribution in [3.8, 4) is 11.1 Å². The minimum atomic E-state index is -1.00. The Labute approximate surface area is 203 Å². The highest BCUT2D eigenvalue weighted by molar-refractivity contribution is 5.88. The molecular formula is C28H26N2O5. The number of carboxylic acids is 1. The summed E-state index contributed by atoms with van der Waals surface area (Å²) < 4.78 is 5.61. The third-order valence-electron chi connectivity index (χ3n) is 6.91. The average Bonchev–Trinajstić information content (AvgIpc) is 3.62. The first-order valence-corrected chi connectivity index (χ1v) is 11.7. The van der Waals surface area contributed by atoms with Crippen LogP contribution in [0.25, 0.3) is 11.1 Å². The van der Waals surface area contributed by atoms with E-state index in [0.29, 0.717) is 18.4 Å². The van der Waals surface area contributed by atoms with Gasteiger partial charge in [0, 0.05) is 12.5 Å². The molecule has 0 unspecified atom stereocenters. The topological polar surface area (TPSA) is 105 Å². The second-order valence-electron chi connectivity index (χ2n) is 9.12. The lowest BCUT2D eigenvalue weighted by molar-refractivity contribution is -0.143. The number of amides is 2. The van der Waals surface area contributed by atoms with E-state index < -0.39 is 29.4 Å². The smallest absolute Gasteiger partial charge is 0.408 e. The molecule has 0 heterocycles. The van der Waals surface area contributed by atoms with E-state index in [0.717, 1.165) is 22.3 Å². The number of ether oxygens (including phenoxy) is 1. The molecule has 3 N–H and O–H groups in total. The van der Waals surface area contributed by atoms with Crippen LogP contribution in [0, 0.1) is 5.41 Å². The van der Waals surface area contributed by atoms with E-state index in [2.05, 4.69) is 22.8 Å². The summed E-state index contributed by atoms with van der Waals surface area (Å²) in [4.78, 5) is 37.3. The van der Waals surface area contributed by atoms with Crippen LogP contribution in [0.2, 0.25) is 0 Å². The molecule has 2 aliphatic rings. The molecule has 1 fully saturated rings. The van der Waals surface area contributed by atoms with E-state index >= 15 is 0 Å². The molecule has 5 rings (SSSR count). The minimum absolute atomic E-state index is 0.0247. The number of hydrogen-bond donors (Lipinski definition) is 3. The lowest BCUT2D eigenvalue weighted by Gasteiger charge is -2.21. The number of benzene rings is 3. The molecule has 0 aliphatic heterocycles. The van der Waals surface area contributed by atoms with Crippen molar-refractivity contribution in [2.75, 3.05) is 13.2 Å². The molecule has 0 aromatic heterocycles. The van der Waals surface area contributed by atoms with Gasteiger partial charge < -0.3 is 20.5 Å². The fourth-order valence-electron chi connectivity index (χ4n) is 4.68. The molecule has 0 bridgehead atoms. The molecule has 1 saturated carbocycles. The number of aliphatic carboxylic acids is 1. The van der Waals surface area contributed by atoms with E-state index in [4.69, 9.17) is 4.74 Å². The number of hydrogen-bond acceptors (Lipinski definition) is 4. The number of fused-ring (bicyclic) bond motifs is 3. The zero-order chi connectivity index (χ0) is 24.4. The molecule has 0 saturated heterocycles. The van der Waals surface area contributed by atoms with Crippen LogP contribution >= 0.6 is 0 Å². The minimum Gasteiger partial charge on any atom is -0.481 e. The van der Waals surface area contributed by atoms with Crippen molar-refractivity contribution in [1.82, 2.24) is 10.6 Å². The Kier molecular flexibility index (Phi) is 5.99. The number of rotatable bonds is 8. The Morgan fingerprint density at radius 2 is 1.46 bits per heavy atom. The monoisotopic (exact) mass is 470 g/mol. The maximum atomic E-state index is 13.0. The molecule has 3 aromatic rings. The molecule has 2 aliphatic carbocycles. The van der Waals surface area contributed by atoms with Gasteiger partial charge in [0.15, 0.2) is 0 Å². The summed E-state index contributed by atoms with van der Waals surface area (Å²) in [5.74, 6) is -1.49. The first-order valence-electron chi connectivity index (χ1n) is 11.7. The van der Waals surface area contributed by atoms with E-state index in [1.807, 2.05) is 42.5 Å². The highest BCUT2D eigenvalue weighted by Gasteiger charge is 2.50. The lowest BCUT2D eigenvalue weighted by atomic mass is 9.98. The Balaban J connectivity index is 1.28. The van der Waals surface area contributed by atoms with Gasteiger partial charge >= 0.3 is 12.1 Å². The summed E-state index contributed by atoms with van der Waals surface area (Å²) in [6.45, 7) is 0.155. The first-order chi connectivity index (χ1) is 17.0. The summed E-state index contributed by atoms with van der Waals surface area (Å²) in [6, 6.07) is 24.0. The number of carbonyl (C=O) groups excluding carboxylic acids is 2. The van der Waals surface area contributed by atoms with Gasteiger partial charge in [-0.25, -0.2) is 4.79 Å². The average molecular weight is 471 g/mol. The quantitative estimate of drug-likeness (QED) is 0.457. The molecule has 2 amide bonds. The zero-order valence-electron chi connectivity index (χ0n) is 19.1. The summed E-state index contributed by atoms with van der Waals surface area (Å²) in [7, 11) is 0. The van der Waals surface area contributed by atoms with Gasteiger partial charge in [0.2, 0.25) is 5.91 Å². The van der Waals surface area contributed by atoms with Gasteiger partial charge in [-0.2, -0.15) is 0 Å². The normalized spacial score (nSPS) is 15.9. The van der Waals surface area contributed by atoms with Gasteiger partial charge in [-0.15, -0.1) is 0 Å². The van der Waals surface area contributed by atoms with Crippen molar-refractivity contribution < 1.29 is 24.2 Å². The predicted octanol–water partition coefficient (Wildman–Crippen LogP) is 4.25. The van der Waals surface area contributed by atoms with Gasteiger partial charge in [0.25, 0.3) is 0 Å². The lowest BCUT2D eigenvalue weighted by Crippen LogP contribution is -2.43. The van der Waals surface area contributed by atoms with Gasteiger partial charge in [0.05, 0.1) is 5.41 Å². The maximum absolute atomic E-state index is 13.0. The van der Waals surface area contributed by atoms with Crippen molar-refractivity contribution in [3.05, 3.63) is 95.6 Å². The van der Waals surface area contributed by atoms with Crippen LogP contribution in [0.4, 0.5) is 4.79 Å². The molecule has 0 spiro atoms. The summed E-state index contributed by atoms with van der Waals surface area (Å²) in [5.41, 5.74) is 4.14. The molecule has 178 valence electrons. The van der Waals surface area contributed by atoms with Gasteiger partial charge in [-0.05, 0) is 40.7 Å². The standard InChI is InChI=1S/C28H26N2O5/c31-25(29-17-28(14-15-28)26(32)33)24(18-8-2-1-3-9-18)30-27(34)35-16-23-21-12-6-4-10-19(21)20-11-5-7-13-22(20)23/h1-13,23-24H,14-17H2,(H,29,31)(H,30,34)(H,32,33)/t24-/m0/s1. The predicted molar refractivity (Wildman–Crippen MR) is 130 cm³/mol. The van der Waals surface area contributed by atoms with E-state index in [1.54, 1.807) is 24.3 Å². The Morgan fingerprint density at radius 1 is 0.886 bits per heavy atom. The Bertz CT molecular complexity index is 1220. The molecule has 35 heavy (non-hydrogen) atoms. The summed E-state index contributed by atoms with van der Waals surface area (Å²) in [5, 5.41) is 14.8. The maximum Gasteiger partial charge on any atom is 0.408 e. The van der Waals surface area contributed by atoms with Crippen LogP contribution in [-0.4, -0.2) is 36.2 Å². The van der Waals surface area contributed by atoms with Crippen LogP contribution in [0.5, 0.6) is 0 Å². The van der Waals surface area contributed by atoms with Gasteiger partial charge in [0.1, 0.15) is 12.6 Å². The van der Waals surface area contributed by atoms with E-state index in [1.165, 1.54) is 0 Å². The van der Waals surface area contributed by atoms with E-state index in [-0.39, 0.29) is 19.1 Å². The highest BCUT2D eigenvalue weighted by Crippen LogP contribution is 2.45. The molecule has 0 radical (unpaired) electrons. The van der Waals surface area contributed by atoms with Crippen LogP contribution in [-0.2, 0) is 14.3 Å². The van der Waals surface area contributed by atoms with Gasteiger partial charge in [-0.3, -0.25) is 9.59 Å². The van der Waals surface area contributed by atoms with Crippen molar-refractivity contribution in [2.24, 2.45) is 5.41 Å². The molecule has 7 nitrogen and oxygen atoms in total. The zero-order valence-corrected chi connectivity index (χ0v) is 19.1. The molecule has 7 heteroatoms. The third kappa shape index (κ3) is 4.49. The second-order valence-corrected chi connectivity index (χ2v) is 9.12. The Morgan fingerprint density at radius 3 is 2.03 bits per heavy atom. The van der Waals surface area contributed by atoms with Crippen molar-refractivity contribution in [2.45, 2.75) is 24.8 Å². The largest absolute Gasteiger partial charge is 0.481 e. The highest BCUT2D eigenvalue weighted by atomic mass is 16.5. The van der Waals surface area contributed by atoms with Crippen LogP contribution in [0.1, 0.15) is 41.5 Å². The van der Waals surface area contributed by atoms with Crippen LogP contribution < -0.4 is 10.6 Å². The van der Waals surface area contributed by atoms with Crippen molar-refractivity contribution in [3.63, 3.8) is 0 Å². The number of carbonyl (C=O) groups is 3. The fourth-order valence-corrected chi connectivity index (χ4v) is 4.68. The van der Waals surface area contributed by atoms with Crippen molar-refractivity contribution in [1.29, 1.82) is 0 Å². The number of nitrogens with one attached hydrogen (secondary N) is 2. The van der Waals surface area contributed by atoms with Crippen LogP contribution in [0.3, 0.4) is 0 Å². The fraction of sp³-hybridized carbons (Fsp3) is 0.250. The first kappa shape index (κ1) is 22.7. The third-order valence-corrected chi connectivity index (χ3v) is 6.91. The number of alkyl carbamates (subject to hydrolysis) is 1. The summed E-state index contributed by atoms with van der Waals surface area (Å²) >= 11 is 0. The molecule has 3 aromatic carbocycles. The Hall–Kier alpha value is -4.13. The summed E-state index contributed by atoms with van der Waals surface area (Å²) in [6.07, 6.45) is 0.340. The SMILES string of the molecule is O=C(N[C@H](C(=O)NCC1(C(=O)O)CC1)c1ccccc1)OCC1c2ccccc2-c2ccccc21. The number of carboxylic acid groups (broad SMARTS) is 1. The van der Waals surface area contributed by atoms with Crippen LogP contribution in [0.15, 0.2) is 78.9 Å².